The summed E-state index contributed by atoms with van der Waals surface area (Å²) in [5.74, 6) is 0.991. The molecule has 3 aromatic rings. The molecule has 3 saturated heterocycles. The lowest BCUT2D eigenvalue weighted by atomic mass is 10.1. The quantitative estimate of drug-likeness (QED) is 0.371. The fraction of sp³-hybridized carbons (Fsp3) is 0.594. The van der Waals surface area contributed by atoms with Crippen LogP contribution in [0.3, 0.4) is 0 Å². The molecule has 10 nitrogen and oxygen atoms in total. The lowest BCUT2D eigenvalue weighted by Crippen LogP contribution is -2.39. The Bertz CT molecular complexity index is 1370. The number of fused-ring (bicyclic) bond motifs is 1. The number of anilines is 2. The summed E-state index contributed by atoms with van der Waals surface area (Å²) in [5.41, 5.74) is 4.15. The average molecular weight is 608 g/mol. The van der Waals surface area contributed by atoms with Gasteiger partial charge >= 0.3 is 0 Å². The minimum Gasteiger partial charge on any atom is -0.494 e. The number of nitrogens with zero attached hydrogens (tertiary/aromatic N) is 6. The third-order valence-electron chi connectivity index (χ3n) is 8.96. The summed E-state index contributed by atoms with van der Waals surface area (Å²) < 4.78 is 11.5. The topological polar surface area (TPSA) is 86.3 Å². The number of amides is 1. The molecule has 6 rings (SSSR count). The third-order valence-corrected chi connectivity index (χ3v) is 9.88. The maximum atomic E-state index is 13.3. The lowest BCUT2D eigenvalue weighted by molar-refractivity contribution is -0.122. The van der Waals surface area contributed by atoms with Crippen molar-refractivity contribution < 1.29 is 14.3 Å². The molecular formula is C32H45N7O3S. The molecule has 2 aromatic heterocycles. The molecule has 1 aromatic carbocycles. The minimum atomic E-state index is -0.0768. The van der Waals surface area contributed by atoms with Crippen molar-refractivity contribution in [3.8, 4) is 5.75 Å². The number of rotatable bonds is 10. The number of pyridine rings is 1. The molecule has 232 valence electrons. The van der Waals surface area contributed by atoms with E-state index in [1.807, 2.05) is 12.3 Å². The van der Waals surface area contributed by atoms with Gasteiger partial charge in [0.2, 0.25) is 5.91 Å². The minimum absolute atomic E-state index is 0.0768. The summed E-state index contributed by atoms with van der Waals surface area (Å²) in [5, 5.41) is 7.53. The highest BCUT2D eigenvalue weighted by atomic mass is 32.1. The predicted molar refractivity (Wildman–Crippen MR) is 173 cm³/mol. The smallest absolute Gasteiger partial charge is 0.222 e. The van der Waals surface area contributed by atoms with Crippen molar-refractivity contribution in [2.45, 2.75) is 38.6 Å². The van der Waals surface area contributed by atoms with E-state index in [1.165, 1.54) is 12.8 Å². The van der Waals surface area contributed by atoms with Crippen molar-refractivity contribution in [1.82, 2.24) is 25.1 Å². The van der Waals surface area contributed by atoms with Crippen LogP contribution in [0.4, 0.5) is 10.8 Å². The number of aryl methyl sites for hydroxylation is 1. The van der Waals surface area contributed by atoms with Crippen molar-refractivity contribution in [3.05, 3.63) is 41.0 Å². The number of carbonyl (C=O) groups excluding carboxylic acids is 1. The van der Waals surface area contributed by atoms with Gasteiger partial charge in [0.15, 0.2) is 5.13 Å². The van der Waals surface area contributed by atoms with Crippen molar-refractivity contribution in [2.75, 3.05) is 95.6 Å². The fourth-order valence-corrected chi connectivity index (χ4v) is 7.63. The molecule has 3 fully saturated rings. The number of likely N-dealkylation sites (tertiary alicyclic amines) is 1. The van der Waals surface area contributed by atoms with E-state index in [0.717, 1.165) is 117 Å². The van der Waals surface area contributed by atoms with Crippen molar-refractivity contribution in [2.24, 2.45) is 0 Å². The van der Waals surface area contributed by atoms with E-state index in [9.17, 15) is 4.79 Å². The number of hydrogen-bond donors (Lipinski definition) is 1. The van der Waals surface area contributed by atoms with Gasteiger partial charge in [0, 0.05) is 75.7 Å². The Kier molecular flexibility index (Phi) is 9.92. The van der Waals surface area contributed by atoms with Crippen LogP contribution in [0.1, 0.15) is 43.0 Å². The van der Waals surface area contributed by atoms with E-state index in [2.05, 4.69) is 49.4 Å². The zero-order valence-electron chi connectivity index (χ0n) is 25.6. The summed E-state index contributed by atoms with van der Waals surface area (Å²) in [6.07, 6.45) is 5.76. The molecule has 1 amide bonds. The van der Waals surface area contributed by atoms with E-state index in [-0.39, 0.29) is 11.9 Å². The van der Waals surface area contributed by atoms with Crippen LogP contribution in [-0.4, -0.2) is 111 Å². The molecule has 1 atom stereocenters. The number of benzene rings is 1. The summed E-state index contributed by atoms with van der Waals surface area (Å²) in [4.78, 5) is 32.9. The Morgan fingerprint density at radius 2 is 1.91 bits per heavy atom. The van der Waals surface area contributed by atoms with Gasteiger partial charge in [-0.25, -0.2) is 4.98 Å². The van der Waals surface area contributed by atoms with Crippen LogP contribution in [0.5, 0.6) is 5.75 Å². The molecule has 1 unspecified atom stereocenters. The molecule has 0 aliphatic carbocycles. The molecule has 11 heteroatoms. The Morgan fingerprint density at radius 3 is 2.72 bits per heavy atom. The van der Waals surface area contributed by atoms with Gasteiger partial charge in [0.25, 0.3) is 0 Å². The van der Waals surface area contributed by atoms with Crippen LogP contribution in [0.2, 0.25) is 0 Å². The molecule has 0 radical (unpaired) electrons. The average Bonchev–Trinajstić information content (AvgIpc) is 3.68. The first-order valence-electron chi connectivity index (χ1n) is 15.8. The van der Waals surface area contributed by atoms with Gasteiger partial charge in [0.05, 0.1) is 37.6 Å². The highest BCUT2D eigenvalue weighted by Crippen LogP contribution is 2.39. The Hall–Kier alpha value is -2.99. The highest BCUT2D eigenvalue weighted by molar-refractivity contribution is 7.13. The van der Waals surface area contributed by atoms with Crippen molar-refractivity contribution in [3.63, 3.8) is 0 Å². The van der Waals surface area contributed by atoms with E-state index in [1.54, 1.807) is 18.4 Å². The summed E-state index contributed by atoms with van der Waals surface area (Å²) in [6, 6.07) is 6.19. The first-order valence-corrected chi connectivity index (χ1v) is 16.7. The number of nitrogens with one attached hydrogen (secondary N) is 1. The largest absolute Gasteiger partial charge is 0.494 e. The molecule has 0 spiro atoms. The van der Waals surface area contributed by atoms with Gasteiger partial charge in [-0.15, -0.1) is 11.3 Å². The van der Waals surface area contributed by atoms with E-state index >= 15 is 0 Å². The number of aromatic nitrogens is 2. The summed E-state index contributed by atoms with van der Waals surface area (Å²) in [6.45, 7) is 12.6. The fourth-order valence-electron chi connectivity index (χ4n) is 6.71. The van der Waals surface area contributed by atoms with Crippen LogP contribution in [0, 0.1) is 6.92 Å². The third kappa shape index (κ3) is 7.06. The predicted octanol–water partition coefficient (Wildman–Crippen LogP) is 3.70. The second kappa shape index (κ2) is 14.2. The zero-order chi connectivity index (χ0) is 29.6. The lowest BCUT2D eigenvalue weighted by Gasteiger charge is -2.30. The molecule has 0 saturated carbocycles. The van der Waals surface area contributed by atoms with Gasteiger partial charge in [-0.05, 0) is 57.0 Å². The van der Waals surface area contributed by atoms with Gasteiger partial charge in [-0.3, -0.25) is 14.7 Å². The van der Waals surface area contributed by atoms with Gasteiger partial charge in [-0.2, -0.15) is 0 Å². The van der Waals surface area contributed by atoms with Crippen LogP contribution in [0.25, 0.3) is 10.9 Å². The summed E-state index contributed by atoms with van der Waals surface area (Å²) >= 11 is 1.68. The SMILES string of the molecule is COc1c(C)cc2cccnc2c1N1CCCN(C(CC(=O)NCCN2CCCC2)c2csc(N3CCOCC3)n2)CC1. The van der Waals surface area contributed by atoms with Crippen LogP contribution < -0.4 is 19.9 Å². The highest BCUT2D eigenvalue weighted by Gasteiger charge is 2.30. The Labute approximate surface area is 259 Å². The molecule has 3 aliphatic rings. The molecular weight excluding hydrogens is 562 g/mol. The maximum Gasteiger partial charge on any atom is 0.222 e. The van der Waals surface area contributed by atoms with E-state index in [4.69, 9.17) is 19.4 Å². The van der Waals surface area contributed by atoms with Crippen LogP contribution in [-0.2, 0) is 9.53 Å². The summed E-state index contributed by atoms with van der Waals surface area (Å²) in [7, 11) is 1.75. The van der Waals surface area contributed by atoms with E-state index in [0.29, 0.717) is 13.0 Å². The van der Waals surface area contributed by atoms with Crippen molar-refractivity contribution in [1.29, 1.82) is 0 Å². The molecule has 0 bridgehead atoms. The molecule has 3 aliphatic heterocycles. The van der Waals surface area contributed by atoms with Gasteiger partial charge < -0.3 is 29.5 Å². The monoisotopic (exact) mass is 607 g/mol. The second-order valence-electron chi connectivity index (χ2n) is 11.8. The number of morpholine rings is 1. The van der Waals surface area contributed by atoms with Crippen LogP contribution in [0.15, 0.2) is 29.8 Å². The number of methoxy groups -OCH3 is 1. The maximum absolute atomic E-state index is 13.3. The Morgan fingerprint density at radius 1 is 1.07 bits per heavy atom. The molecule has 43 heavy (non-hydrogen) atoms. The van der Waals surface area contributed by atoms with Crippen LogP contribution >= 0.6 is 11.3 Å². The number of thiazole rings is 1. The second-order valence-corrected chi connectivity index (χ2v) is 12.6. The number of hydrogen-bond acceptors (Lipinski definition) is 10. The molecule has 1 N–H and O–H groups in total. The first-order chi connectivity index (χ1) is 21.1. The van der Waals surface area contributed by atoms with Gasteiger partial charge in [0.1, 0.15) is 11.4 Å². The van der Waals surface area contributed by atoms with E-state index < -0.39 is 0 Å². The zero-order valence-corrected chi connectivity index (χ0v) is 26.4. The molecule has 5 heterocycles. The first kappa shape index (κ1) is 30.1. The standard InChI is InChI=1S/C32H45N7O3S/c1-24-21-25-7-5-8-34-29(25)30(31(24)41-2)38-13-6-12-37(15-16-38)27(22-28(40)33-9-14-36-10-3-4-11-36)26-23-43-32(35-26)39-17-19-42-20-18-39/h5,7-8,21,23,27H,3-4,6,9-20,22H2,1-2H3,(H,33,40). The Balaban J connectivity index is 1.20. The normalized spacial score (nSPS) is 19.5. The van der Waals surface area contributed by atoms with Crippen molar-refractivity contribution >= 4 is 39.0 Å². The number of carbonyl (C=O) groups is 1. The van der Waals surface area contributed by atoms with Gasteiger partial charge in [-0.1, -0.05) is 6.07 Å². The number of ether oxygens (including phenoxy) is 2.